The summed E-state index contributed by atoms with van der Waals surface area (Å²) in [5.74, 6) is -0.733. The van der Waals surface area contributed by atoms with E-state index in [4.69, 9.17) is 34.8 Å². The second-order valence-corrected chi connectivity index (χ2v) is 6.24. The lowest BCUT2D eigenvalue weighted by atomic mass is 10.0. The summed E-state index contributed by atoms with van der Waals surface area (Å²) in [4.78, 5) is 12.1. The van der Waals surface area contributed by atoms with Crippen LogP contribution in [0.1, 0.15) is 21.3 Å². The van der Waals surface area contributed by atoms with E-state index >= 15 is 0 Å². The number of rotatable bonds is 3. The van der Waals surface area contributed by atoms with Gasteiger partial charge in [-0.25, -0.2) is 4.39 Å². The highest BCUT2D eigenvalue weighted by atomic mass is 35.5. The third-order valence-electron chi connectivity index (χ3n) is 2.31. The molecule has 2 aromatic rings. The minimum atomic E-state index is -0.909. The number of ketones is 1. The number of carbonyl (C=O) groups is 1. The molecule has 0 fully saturated rings. The molecule has 0 radical (unpaired) electrons. The van der Waals surface area contributed by atoms with Crippen molar-refractivity contribution in [2.75, 3.05) is 0 Å². The Bertz CT molecular complexity index is 580. The Kier molecular flexibility index (Phi) is 4.28. The van der Waals surface area contributed by atoms with Crippen LogP contribution in [0.5, 0.6) is 0 Å². The number of carbonyl (C=O) groups excluding carboxylic acids is 1. The molecule has 2 rings (SSSR count). The van der Waals surface area contributed by atoms with Crippen molar-refractivity contribution in [3.8, 4) is 0 Å². The second kappa shape index (κ2) is 5.57. The van der Waals surface area contributed by atoms with Crippen molar-refractivity contribution < 1.29 is 9.18 Å². The van der Waals surface area contributed by atoms with Crippen LogP contribution in [0.2, 0.25) is 8.67 Å². The Balaban J connectivity index is 2.29. The maximum absolute atomic E-state index is 12.8. The predicted molar refractivity (Wildman–Crippen MR) is 73.7 cm³/mol. The summed E-state index contributed by atoms with van der Waals surface area (Å²) in [6, 6.07) is 6.91. The molecule has 1 atom stereocenters. The highest BCUT2D eigenvalue weighted by Crippen LogP contribution is 2.35. The lowest BCUT2D eigenvalue weighted by Crippen LogP contribution is -2.06. The quantitative estimate of drug-likeness (QED) is 0.549. The third kappa shape index (κ3) is 2.86. The summed E-state index contributed by atoms with van der Waals surface area (Å²) in [6.45, 7) is 0. The SMILES string of the molecule is O=C(c1cc(Cl)sc1Cl)C(Cl)c1ccc(F)cc1. The van der Waals surface area contributed by atoms with Gasteiger partial charge in [-0.2, -0.15) is 0 Å². The van der Waals surface area contributed by atoms with Gasteiger partial charge in [-0.1, -0.05) is 35.3 Å². The molecule has 0 aliphatic rings. The van der Waals surface area contributed by atoms with Crippen LogP contribution in [0.4, 0.5) is 4.39 Å². The minimum Gasteiger partial charge on any atom is -0.292 e. The first-order valence-electron chi connectivity index (χ1n) is 4.87. The van der Waals surface area contributed by atoms with Gasteiger partial charge in [0.25, 0.3) is 0 Å². The van der Waals surface area contributed by atoms with Crippen molar-refractivity contribution in [2.24, 2.45) is 0 Å². The molecule has 18 heavy (non-hydrogen) atoms. The van der Waals surface area contributed by atoms with Gasteiger partial charge >= 0.3 is 0 Å². The molecule has 0 bridgehead atoms. The molecule has 0 amide bonds. The first-order valence-corrected chi connectivity index (χ1v) is 6.88. The number of thiophene rings is 1. The van der Waals surface area contributed by atoms with Gasteiger partial charge < -0.3 is 0 Å². The smallest absolute Gasteiger partial charge is 0.187 e. The van der Waals surface area contributed by atoms with E-state index in [0.717, 1.165) is 11.3 Å². The average molecular weight is 324 g/mol. The van der Waals surface area contributed by atoms with E-state index in [1.165, 1.54) is 30.3 Å². The molecular weight excluding hydrogens is 318 g/mol. The average Bonchev–Trinajstić information content (AvgIpc) is 2.67. The Labute approximate surface area is 122 Å². The highest BCUT2D eigenvalue weighted by molar-refractivity contribution is 7.20. The molecule has 0 aliphatic carbocycles. The molecule has 0 saturated heterocycles. The normalized spacial score (nSPS) is 12.4. The van der Waals surface area contributed by atoms with Crippen LogP contribution in [0.15, 0.2) is 30.3 Å². The Morgan fingerprint density at radius 3 is 2.33 bits per heavy atom. The highest BCUT2D eigenvalue weighted by Gasteiger charge is 2.23. The molecule has 1 aromatic carbocycles. The topological polar surface area (TPSA) is 17.1 Å². The van der Waals surface area contributed by atoms with E-state index < -0.39 is 5.38 Å². The van der Waals surface area contributed by atoms with E-state index in [1.807, 2.05) is 0 Å². The van der Waals surface area contributed by atoms with Crippen molar-refractivity contribution >= 4 is 51.9 Å². The molecule has 0 saturated carbocycles. The fourth-order valence-electron chi connectivity index (χ4n) is 1.43. The summed E-state index contributed by atoms with van der Waals surface area (Å²) in [6.07, 6.45) is 0. The van der Waals surface area contributed by atoms with Gasteiger partial charge in [0.15, 0.2) is 5.78 Å². The van der Waals surface area contributed by atoms with E-state index in [1.54, 1.807) is 0 Å². The molecule has 1 nitrogen and oxygen atoms in total. The van der Waals surface area contributed by atoms with Crippen LogP contribution < -0.4 is 0 Å². The maximum atomic E-state index is 12.8. The lowest BCUT2D eigenvalue weighted by molar-refractivity contribution is 0.0987. The number of benzene rings is 1. The second-order valence-electron chi connectivity index (χ2n) is 3.52. The summed E-state index contributed by atoms with van der Waals surface area (Å²) < 4.78 is 13.5. The zero-order valence-corrected chi connectivity index (χ0v) is 11.9. The van der Waals surface area contributed by atoms with Gasteiger partial charge in [-0.15, -0.1) is 22.9 Å². The molecule has 94 valence electrons. The Hall–Kier alpha value is -0.610. The summed E-state index contributed by atoms with van der Waals surface area (Å²) in [5.41, 5.74) is 0.803. The molecular formula is C12H6Cl3FOS. The predicted octanol–water partition coefficient (Wildman–Crippen LogP) is 5.36. The van der Waals surface area contributed by atoms with Crippen molar-refractivity contribution in [2.45, 2.75) is 5.38 Å². The molecule has 1 aromatic heterocycles. The van der Waals surface area contributed by atoms with Crippen molar-refractivity contribution in [1.82, 2.24) is 0 Å². The first-order chi connectivity index (χ1) is 8.49. The maximum Gasteiger partial charge on any atom is 0.187 e. The molecule has 0 spiro atoms. The van der Waals surface area contributed by atoms with Gasteiger partial charge in [0.1, 0.15) is 15.5 Å². The van der Waals surface area contributed by atoms with Crippen LogP contribution in [-0.2, 0) is 0 Å². The minimum absolute atomic E-state index is 0.288. The number of hydrogen-bond donors (Lipinski definition) is 0. The van der Waals surface area contributed by atoms with E-state index in [2.05, 4.69) is 0 Å². The van der Waals surface area contributed by atoms with Gasteiger partial charge in [0.05, 0.1) is 9.90 Å². The largest absolute Gasteiger partial charge is 0.292 e. The third-order valence-corrected chi connectivity index (χ3v) is 4.25. The molecule has 0 aliphatic heterocycles. The number of alkyl halides is 1. The van der Waals surface area contributed by atoms with Crippen LogP contribution >= 0.6 is 46.1 Å². The Morgan fingerprint density at radius 1 is 1.22 bits per heavy atom. The molecule has 1 unspecified atom stereocenters. The summed E-state index contributed by atoms with van der Waals surface area (Å²) in [5, 5.41) is -0.909. The van der Waals surface area contributed by atoms with Gasteiger partial charge in [-0.3, -0.25) is 4.79 Å². The zero-order valence-electron chi connectivity index (χ0n) is 8.79. The monoisotopic (exact) mass is 322 g/mol. The lowest BCUT2D eigenvalue weighted by Gasteiger charge is -2.08. The van der Waals surface area contributed by atoms with Crippen molar-refractivity contribution in [1.29, 1.82) is 0 Å². The standard InChI is InChI=1S/C12H6Cl3FOS/c13-9-5-8(12(15)18-9)11(17)10(14)6-1-3-7(16)4-2-6/h1-5,10H. The number of hydrogen-bond acceptors (Lipinski definition) is 2. The fraction of sp³-hybridized carbons (Fsp3) is 0.0833. The molecule has 6 heteroatoms. The van der Waals surface area contributed by atoms with Crippen molar-refractivity contribution in [3.05, 3.63) is 55.9 Å². The van der Waals surface area contributed by atoms with Crippen LogP contribution in [0.3, 0.4) is 0 Å². The zero-order chi connectivity index (χ0) is 13.3. The van der Waals surface area contributed by atoms with Gasteiger partial charge in [-0.05, 0) is 23.8 Å². The Morgan fingerprint density at radius 2 is 1.83 bits per heavy atom. The first kappa shape index (κ1) is 13.8. The van der Waals surface area contributed by atoms with E-state index in [9.17, 15) is 9.18 Å². The van der Waals surface area contributed by atoms with E-state index in [0.29, 0.717) is 14.2 Å². The van der Waals surface area contributed by atoms with E-state index in [-0.39, 0.29) is 17.2 Å². The molecule has 0 N–H and O–H groups in total. The summed E-state index contributed by atoms with van der Waals surface area (Å²) >= 11 is 18.8. The summed E-state index contributed by atoms with van der Waals surface area (Å²) in [7, 11) is 0. The number of halogens is 4. The van der Waals surface area contributed by atoms with Crippen LogP contribution in [0.25, 0.3) is 0 Å². The van der Waals surface area contributed by atoms with Crippen LogP contribution in [0, 0.1) is 5.82 Å². The van der Waals surface area contributed by atoms with Crippen LogP contribution in [-0.4, -0.2) is 5.78 Å². The number of Topliss-reactive ketones (excluding diaryl/α,β-unsaturated/α-hetero) is 1. The molecule has 1 heterocycles. The fourth-order valence-corrected chi connectivity index (χ4v) is 3.16. The van der Waals surface area contributed by atoms with Gasteiger partial charge in [0, 0.05) is 0 Å². The van der Waals surface area contributed by atoms with Gasteiger partial charge in [0.2, 0.25) is 0 Å². The van der Waals surface area contributed by atoms with Crippen molar-refractivity contribution in [3.63, 3.8) is 0 Å².